The number of fused-ring (bicyclic) bond motifs is 1. The summed E-state index contributed by atoms with van der Waals surface area (Å²) in [5, 5.41) is 3.71. The van der Waals surface area contributed by atoms with Gasteiger partial charge in [0, 0.05) is 11.4 Å². The Bertz CT molecular complexity index is 996. The molecular formula is C22H25N3O3S. The van der Waals surface area contributed by atoms with E-state index in [0.29, 0.717) is 33.7 Å². The van der Waals surface area contributed by atoms with Crippen LogP contribution >= 0.6 is 11.8 Å². The molecule has 0 fully saturated rings. The van der Waals surface area contributed by atoms with Gasteiger partial charge in [0.15, 0.2) is 5.16 Å². The maximum atomic E-state index is 13.1. The van der Waals surface area contributed by atoms with Gasteiger partial charge in [0.2, 0.25) is 0 Å². The van der Waals surface area contributed by atoms with Gasteiger partial charge in [-0.2, -0.15) is 0 Å². The van der Waals surface area contributed by atoms with Crippen LogP contribution in [0.1, 0.15) is 37.8 Å². The predicted molar refractivity (Wildman–Crippen MR) is 116 cm³/mol. The van der Waals surface area contributed by atoms with Crippen molar-refractivity contribution in [2.24, 2.45) is 5.92 Å². The van der Waals surface area contributed by atoms with Crippen molar-refractivity contribution in [2.75, 3.05) is 17.7 Å². The van der Waals surface area contributed by atoms with Gasteiger partial charge in [0.05, 0.1) is 17.1 Å². The lowest BCUT2D eigenvalue weighted by atomic mass is 9.82. The Morgan fingerprint density at radius 1 is 1.34 bits per heavy atom. The van der Waals surface area contributed by atoms with Crippen LogP contribution in [-0.4, -0.2) is 28.3 Å². The summed E-state index contributed by atoms with van der Waals surface area (Å²) in [6.07, 6.45) is 1.52. The summed E-state index contributed by atoms with van der Waals surface area (Å²) >= 11 is 1.51. The molecule has 2 N–H and O–H groups in total. The second kappa shape index (κ2) is 9.13. The number of nitrogens with zero attached hydrogens (tertiary/aromatic N) is 1. The minimum Gasteiger partial charge on any atom is -0.458 e. The highest BCUT2D eigenvalue weighted by atomic mass is 32.2. The topological polar surface area (TPSA) is 84.1 Å². The van der Waals surface area contributed by atoms with Gasteiger partial charge in [-0.05, 0) is 18.4 Å². The molecule has 1 aliphatic heterocycles. The summed E-state index contributed by atoms with van der Waals surface area (Å²) in [6.45, 7) is 9.71. The zero-order valence-corrected chi connectivity index (χ0v) is 17.6. The van der Waals surface area contributed by atoms with E-state index in [2.05, 4.69) is 35.7 Å². The van der Waals surface area contributed by atoms with Crippen LogP contribution in [0.5, 0.6) is 0 Å². The predicted octanol–water partition coefficient (Wildman–Crippen LogP) is 4.08. The number of allylic oxidation sites excluding steroid dienone is 1. The SMILES string of the molecule is C=CCOC(=O)C1=C(C)Nc2nc(SCC(C)C)[nH]c(=O)c2[C@H]1c1ccccc1. The highest BCUT2D eigenvalue weighted by Crippen LogP contribution is 2.40. The van der Waals surface area contributed by atoms with Gasteiger partial charge in [-0.15, -0.1) is 0 Å². The van der Waals surface area contributed by atoms with E-state index in [1.807, 2.05) is 30.3 Å². The van der Waals surface area contributed by atoms with Crippen molar-refractivity contribution in [2.45, 2.75) is 31.8 Å². The average molecular weight is 412 g/mol. The molecule has 7 heteroatoms. The highest BCUT2D eigenvalue weighted by molar-refractivity contribution is 7.99. The Morgan fingerprint density at radius 2 is 2.07 bits per heavy atom. The molecule has 0 aliphatic carbocycles. The molecule has 0 bridgehead atoms. The van der Waals surface area contributed by atoms with Crippen LogP contribution in [0.15, 0.2) is 64.2 Å². The van der Waals surface area contributed by atoms with Crippen molar-refractivity contribution >= 4 is 23.5 Å². The molecule has 0 spiro atoms. The van der Waals surface area contributed by atoms with E-state index < -0.39 is 11.9 Å². The Hall–Kier alpha value is -2.80. The molecule has 1 aliphatic rings. The van der Waals surface area contributed by atoms with Crippen molar-refractivity contribution in [3.8, 4) is 0 Å². The van der Waals surface area contributed by atoms with E-state index in [1.54, 1.807) is 6.92 Å². The second-order valence-corrected chi connectivity index (χ2v) is 8.24. The molecule has 1 aromatic heterocycles. The Morgan fingerprint density at radius 3 is 2.72 bits per heavy atom. The van der Waals surface area contributed by atoms with Gasteiger partial charge in [-0.1, -0.05) is 68.6 Å². The van der Waals surface area contributed by atoms with E-state index >= 15 is 0 Å². The van der Waals surface area contributed by atoms with Crippen molar-refractivity contribution in [3.05, 3.63) is 75.7 Å². The van der Waals surface area contributed by atoms with Crippen LogP contribution in [-0.2, 0) is 9.53 Å². The van der Waals surface area contributed by atoms with Crippen LogP contribution in [0.4, 0.5) is 5.82 Å². The number of thioether (sulfide) groups is 1. The maximum Gasteiger partial charge on any atom is 0.337 e. The number of aromatic nitrogens is 2. The number of hydrogen-bond donors (Lipinski definition) is 2. The molecular weight excluding hydrogens is 386 g/mol. The Kier molecular flexibility index (Phi) is 6.59. The molecule has 1 aromatic carbocycles. The first-order valence-electron chi connectivity index (χ1n) is 9.50. The molecule has 152 valence electrons. The minimum absolute atomic E-state index is 0.101. The van der Waals surface area contributed by atoms with Gasteiger partial charge in [0.25, 0.3) is 5.56 Å². The van der Waals surface area contributed by atoms with E-state index in [-0.39, 0.29) is 12.2 Å². The number of carbonyl (C=O) groups is 1. The molecule has 1 atom stereocenters. The smallest absolute Gasteiger partial charge is 0.337 e. The largest absolute Gasteiger partial charge is 0.458 e. The lowest BCUT2D eigenvalue weighted by Gasteiger charge is -2.28. The van der Waals surface area contributed by atoms with Gasteiger partial charge >= 0.3 is 5.97 Å². The highest BCUT2D eigenvalue weighted by Gasteiger charge is 2.36. The Balaban J connectivity index is 2.12. The number of carbonyl (C=O) groups excluding carboxylic acids is 1. The zero-order valence-electron chi connectivity index (χ0n) is 16.8. The van der Waals surface area contributed by atoms with Gasteiger partial charge in [-0.3, -0.25) is 4.79 Å². The average Bonchev–Trinajstić information content (AvgIpc) is 2.70. The zero-order chi connectivity index (χ0) is 21.0. The van der Waals surface area contributed by atoms with Crippen molar-refractivity contribution in [3.63, 3.8) is 0 Å². The maximum absolute atomic E-state index is 13.1. The minimum atomic E-state index is -0.565. The molecule has 0 amide bonds. The van der Waals surface area contributed by atoms with Crippen LogP contribution in [0, 0.1) is 5.92 Å². The quantitative estimate of drug-likeness (QED) is 0.309. The molecule has 2 heterocycles. The van der Waals surface area contributed by atoms with Crippen LogP contribution in [0.25, 0.3) is 0 Å². The van der Waals surface area contributed by atoms with E-state index in [1.165, 1.54) is 17.8 Å². The summed E-state index contributed by atoms with van der Waals surface area (Å²) < 4.78 is 5.30. The number of H-pyrrole nitrogens is 1. The summed E-state index contributed by atoms with van der Waals surface area (Å²) in [6, 6.07) is 9.45. The fraction of sp³-hybridized carbons (Fsp3) is 0.318. The number of benzene rings is 1. The number of ether oxygens (including phenoxy) is 1. The van der Waals surface area contributed by atoms with E-state index in [4.69, 9.17) is 4.74 Å². The summed E-state index contributed by atoms with van der Waals surface area (Å²) in [7, 11) is 0. The third-order valence-corrected chi connectivity index (χ3v) is 5.76. The molecule has 2 aromatic rings. The standard InChI is InChI=1S/C22H25N3O3S/c1-5-11-28-21(27)16-14(4)23-19-18(17(16)15-9-7-6-8-10-15)20(26)25-22(24-19)29-12-13(2)3/h5-10,13,17H,1,11-12H2,2-4H3,(H2,23,24,25,26)/t17-/m0/s1. The van der Waals surface area contributed by atoms with Crippen molar-refractivity contribution in [1.29, 1.82) is 0 Å². The number of aromatic amines is 1. The number of rotatable bonds is 7. The third-order valence-electron chi connectivity index (χ3n) is 4.46. The number of nitrogens with one attached hydrogen (secondary N) is 2. The summed E-state index contributed by atoms with van der Waals surface area (Å²) in [4.78, 5) is 33.4. The second-order valence-electron chi connectivity index (χ2n) is 7.23. The fourth-order valence-electron chi connectivity index (χ4n) is 3.21. The lowest BCUT2D eigenvalue weighted by Crippen LogP contribution is -2.31. The Labute approximate surface area is 174 Å². The monoisotopic (exact) mass is 411 g/mol. The third kappa shape index (κ3) is 4.62. The molecule has 0 unspecified atom stereocenters. The van der Waals surface area contributed by atoms with Gasteiger partial charge in [-0.25, -0.2) is 9.78 Å². The number of anilines is 1. The molecule has 29 heavy (non-hydrogen) atoms. The van der Waals surface area contributed by atoms with Gasteiger partial charge in [0.1, 0.15) is 12.4 Å². The molecule has 3 rings (SSSR count). The van der Waals surface area contributed by atoms with Gasteiger partial charge < -0.3 is 15.0 Å². The number of hydrogen-bond acceptors (Lipinski definition) is 6. The van der Waals surface area contributed by atoms with Crippen molar-refractivity contribution in [1.82, 2.24) is 9.97 Å². The lowest BCUT2D eigenvalue weighted by molar-refractivity contribution is -0.138. The first-order chi connectivity index (χ1) is 13.9. The van der Waals surface area contributed by atoms with E-state index in [0.717, 1.165) is 11.3 Å². The molecule has 0 saturated heterocycles. The normalized spacial score (nSPS) is 15.7. The molecule has 6 nitrogen and oxygen atoms in total. The fourth-order valence-corrected chi connectivity index (χ4v) is 4.02. The first kappa shape index (κ1) is 20.9. The van der Waals surface area contributed by atoms with E-state index in [9.17, 15) is 9.59 Å². The number of esters is 1. The summed E-state index contributed by atoms with van der Waals surface area (Å²) in [5.41, 5.74) is 2.01. The first-order valence-corrected chi connectivity index (χ1v) is 10.5. The van der Waals surface area contributed by atoms with Crippen molar-refractivity contribution < 1.29 is 9.53 Å². The molecule has 0 saturated carbocycles. The summed E-state index contributed by atoms with van der Waals surface area (Å²) in [5.74, 6) is 0.751. The van der Waals surface area contributed by atoms with Crippen LogP contribution in [0.3, 0.4) is 0 Å². The van der Waals surface area contributed by atoms with Crippen LogP contribution < -0.4 is 10.9 Å². The van der Waals surface area contributed by atoms with Crippen LogP contribution in [0.2, 0.25) is 0 Å². The molecule has 0 radical (unpaired) electrons.